The number of aryl methyl sites for hydroxylation is 1. The van der Waals surface area contributed by atoms with Crippen molar-refractivity contribution in [1.29, 1.82) is 0 Å². The van der Waals surface area contributed by atoms with Crippen molar-refractivity contribution in [3.8, 4) is 0 Å². The quantitative estimate of drug-likeness (QED) is 0.682. The number of rotatable bonds is 5. The van der Waals surface area contributed by atoms with Crippen molar-refractivity contribution in [3.05, 3.63) is 48.2 Å². The summed E-state index contributed by atoms with van der Waals surface area (Å²) in [6, 6.07) is 6.64. The first kappa shape index (κ1) is 15.7. The number of hydrogen-bond acceptors (Lipinski definition) is 5. The standard InChI is InChI=1S/C16H17N5O3/c1-10-14(11-5-3-4-6-12(11)19-10)15(22)20-13(16(23)24-2)7-21-9-17-8-18-21/h3-6,8-9,13,19H,7H2,1-2H3,(H,20,22). The van der Waals surface area contributed by atoms with Crippen LogP contribution in [-0.4, -0.2) is 44.8 Å². The second kappa shape index (κ2) is 6.53. The number of methoxy groups -OCH3 is 1. The lowest BCUT2D eigenvalue weighted by Gasteiger charge is -2.16. The van der Waals surface area contributed by atoms with Gasteiger partial charge in [0, 0.05) is 16.6 Å². The second-order valence-electron chi connectivity index (χ2n) is 5.34. The molecule has 0 saturated carbocycles. The molecule has 3 aromatic rings. The molecule has 124 valence electrons. The average Bonchev–Trinajstić information content (AvgIpc) is 3.19. The molecule has 24 heavy (non-hydrogen) atoms. The highest BCUT2D eigenvalue weighted by Crippen LogP contribution is 2.21. The Hall–Kier alpha value is -3.16. The summed E-state index contributed by atoms with van der Waals surface area (Å²) in [6.07, 6.45) is 2.83. The first-order chi connectivity index (χ1) is 11.6. The third-order valence-corrected chi connectivity index (χ3v) is 3.75. The van der Waals surface area contributed by atoms with Crippen molar-refractivity contribution in [2.24, 2.45) is 0 Å². The summed E-state index contributed by atoms with van der Waals surface area (Å²) in [5, 5.41) is 7.47. The van der Waals surface area contributed by atoms with Crippen molar-refractivity contribution in [3.63, 3.8) is 0 Å². The van der Waals surface area contributed by atoms with Gasteiger partial charge in [0.1, 0.15) is 18.7 Å². The molecule has 3 rings (SSSR count). The molecule has 0 saturated heterocycles. The number of H-pyrrole nitrogens is 1. The van der Waals surface area contributed by atoms with Crippen LogP contribution in [0.1, 0.15) is 16.1 Å². The van der Waals surface area contributed by atoms with Gasteiger partial charge in [0.15, 0.2) is 0 Å². The number of fused-ring (bicyclic) bond motifs is 1. The van der Waals surface area contributed by atoms with Gasteiger partial charge in [-0.2, -0.15) is 5.10 Å². The molecule has 0 aliphatic heterocycles. The molecule has 2 N–H and O–H groups in total. The topological polar surface area (TPSA) is 102 Å². The van der Waals surface area contributed by atoms with Gasteiger partial charge in [-0.25, -0.2) is 9.78 Å². The Labute approximate surface area is 137 Å². The molecule has 1 atom stereocenters. The number of para-hydroxylation sites is 1. The third kappa shape index (κ3) is 2.98. The number of hydrogen-bond donors (Lipinski definition) is 2. The van der Waals surface area contributed by atoms with Gasteiger partial charge >= 0.3 is 5.97 Å². The summed E-state index contributed by atoms with van der Waals surface area (Å²) in [5.41, 5.74) is 2.11. The molecule has 8 heteroatoms. The Morgan fingerprint density at radius 1 is 1.38 bits per heavy atom. The van der Waals surface area contributed by atoms with E-state index in [4.69, 9.17) is 4.74 Å². The van der Waals surface area contributed by atoms with Crippen LogP contribution in [0.15, 0.2) is 36.9 Å². The number of nitrogens with zero attached hydrogens (tertiary/aromatic N) is 3. The number of nitrogens with one attached hydrogen (secondary N) is 2. The summed E-state index contributed by atoms with van der Waals surface area (Å²) in [4.78, 5) is 31.7. The molecule has 2 heterocycles. The van der Waals surface area contributed by atoms with E-state index in [1.54, 1.807) is 0 Å². The molecule has 0 bridgehead atoms. The predicted octanol–water partition coefficient (Wildman–Crippen LogP) is 1.04. The SMILES string of the molecule is COC(=O)C(Cn1cncn1)NC(=O)c1c(C)[nH]c2ccccc12. The Kier molecular flexibility index (Phi) is 4.28. The van der Waals surface area contributed by atoms with E-state index >= 15 is 0 Å². The number of aromatic nitrogens is 4. The van der Waals surface area contributed by atoms with E-state index in [1.165, 1.54) is 24.4 Å². The van der Waals surface area contributed by atoms with E-state index in [-0.39, 0.29) is 12.5 Å². The summed E-state index contributed by atoms with van der Waals surface area (Å²) < 4.78 is 6.24. The van der Waals surface area contributed by atoms with E-state index < -0.39 is 12.0 Å². The Morgan fingerprint density at radius 2 is 2.17 bits per heavy atom. The summed E-state index contributed by atoms with van der Waals surface area (Å²) >= 11 is 0. The van der Waals surface area contributed by atoms with Crippen LogP contribution < -0.4 is 5.32 Å². The van der Waals surface area contributed by atoms with Gasteiger partial charge in [0.25, 0.3) is 5.91 Å². The van der Waals surface area contributed by atoms with Gasteiger partial charge in [-0.05, 0) is 13.0 Å². The first-order valence-electron chi connectivity index (χ1n) is 7.38. The van der Waals surface area contributed by atoms with E-state index in [1.807, 2.05) is 31.2 Å². The van der Waals surface area contributed by atoms with Crippen molar-refractivity contribution >= 4 is 22.8 Å². The molecule has 2 aromatic heterocycles. The first-order valence-corrected chi connectivity index (χ1v) is 7.38. The van der Waals surface area contributed by atoms with Gasteiger partial charge in [-0.1, -0.05) is 18.2 Å². The Bertz CT molecular complexity index is 869. The van der Waals surface area contributed by atoms with Crippen LogP contribution >= 0.6 is 0 Å². The molecule has 1 unspecified atom stereocenters. The van der Waals surface area contributed by atoms with Crippen LogP contribution in [0.4, 0.5) is 0 Å². The summed E-state index contributed by atoms with van der Waals surface area (Å²) in [6.45, 7) is 1.96. The fraction of sp³-hybridized carbons (Fsp3) is 0.250. The van der Waals surface area contributed by atoms with Crippen LogP contribution in [0.2, 0.25) is 0 Å². The Balaban J connectivity index is 1.87. The number of esters is 1. The van der Waals surface area contributed by atoms with Crippen LogP contribution in [0.25, 0.3) is 10.9 Å². The van der Waals surface area contributed by atoms with E-state index in [9.17, 15) is 9.59 Å². The monoisotopic (exact) mass is 327 g/mol. The molecule has 1 amide bonds. The van der Waals surface area contributed by atoms with Crippen molar-refractivity contribution in [2.45, 2.75) is 19.5 Å². The van der Waals surface area contributed by atoms with Gasteiger partial charge in [-0.3, -0.25) is 9.48 Å². The van der Waals surface area contributed by atoms with E-state index in [0.29, 0.717) is 5.56 Å². The van der Waals surface area contributed by atoms with E-state index in [2.05, 4.69) is 20.4 Å². The maximum absolute atomic E-state index is 12.7. The number of carbonyl (C=O) groups is 2. The smallest absolute Gasteiger partial charge is 0.330 e. The maximum Gasteiger partial charge on any atom is 0.330 e. The molecule has 0 aliphatic carbocycles. The minimum atomic E-state index is -0.864. The zero-order valence-electron chi connectivity index (χ0n) is 13.3. The van der Waals surface area contributed by atoms with Crippen LogP contribution in [-0.2, 0) is 16.1 Å². The maximum atomic E-state index is 12.7. The van der Waals surface area contributed by atoms with Gasteiger partial charge < -0.3 is 15.0 Å². The highest BCUT2D eigenvalue weighted by atomic mass is 16.5. The molecule has 1 aromatic carbocycles. The lowest BCUT2D eigenvalue weighted by Crippen LogP contribution is -2.44. The average molecular weight is 327 g/mol. The largest absolute Gasteiger partial charge is 0.467 e. The zero-order valence-corrected chi connectivity index (χ0v) is 13.3. The number of ether oxygens (including phenoxy) is 1. The lowest BCUT2D eigenvalue weighted by molar-refractivity contribution is -0.143. The number of benzene rings is 1. The molecule has 8 nitrogen and oxygen atoms in total. The number of carbonyl (C=O) groups excluding carboxylic acids is 2. The third-order valence-electron chi connectivity index (χ3n) is 3.75. The normalized spacial score (nSPS) is 12.1. The predicted molar refractivity (Wildman–Crippen MR) is 86.3 cm³/mol. The molecule has 0 spiro atoms. The van der Waals surface area contributed by atoms with Crippen LogP contribution in [0.5, 0.6) is 0 Å². The summed E-state index contributed by atoms with van der Waals surface area (Å²) in [7, 11) is 1.28. The van der Waals surface area contributed by atoms with Crippen molar-refractivity contribution in [1.82, 2.24) is 25.1 Å². The fourth-order valence-corrected chi connectivity index (χ4v) is 2.64. The van der Waals surface area contributed by atoms with Gasteiger partial charge in [-0.15, -0.1) is 0 Å². The fourth-order valence-electron chi connectivity index (χ4n) is 2.64. The number of aromatic amines is 1. The highest BCUT2D eigenvalue weighted by molar-refractivity contribution is 6.09. The van der Waals surface area contributed by atoms with Crippen molar-refractivity contribution < 1.29 is 14.3 Å². The lowest BCUT2D eigenvalue weighted by atomic mass is 10.1. The van der Waals surface area contributed by atoms with Crippen LogP contribution in [0.3, 0.4) is 0 Å². The molecule has 0 fully saturated rings. The van der Waals surface area contributed by atoms with Crippen molar-refractivity contribution in [2.75, 3.05) is 7.11 Å². The molecule has 0 aliphatic rings. The zero-order chi connectivity index (χ0) is 17.1. The molecular weight excluding hydrogens is 310 g/mol. The Morgan fingerprint density at radius 3 is 2.88 bits per heavy atom. The van der Waals surface area contributed by atoms with Gasteiger partial charge in [0.05, 0.1) is 19.2 Å². The minimum absolute atomic E-state index is 0.139. The summed E-state index contributed by atoms with van der Waals surface area (Å²) in [5.74, 6) is -0.892. The molecule has 0 radical (unpaired) electrons. The van der Waals surface area contributed by atoms with Crippen LogP contribution in [0, 0.1) is 6.92 Å². The van der Waals surface area contributed by atoms with E-state index in [0.717, 1.165) is 16.6 Å². The second-order valence-corrected chi connectivity index (χ2v) is 5.34. The minimum Gasteiger partial charge on any atom is -0.467 e. The number of amides is 1. The molecular formula is C16H17N5O3. The highest BCUT2D eigenvalue weighted by Gasteiger charge is 2.25. The van der Waals surface area contributed by atoms with Gasteiger partial charge in [0.2, 0.25) is 0 Å².